The van der Waals surface area contributed by atoms with Crippen molar-refractivity contribution in [3.8, 4) is 5.75 Å². The summed E-state index contributed by atoms with van der Waals surface area (Å²) in [6.07, 6.45) is 3.93. The molecule has 0 aromatic heterocycles. The lowest BCUT2D eigenvalue weighted by molar-refractivity contribution is 0.415. The highest BCUT2D eigenvalue weighted by Gasteiger charge is 2.40. The molecular formula is C13H20N2O. The second-order valence-electron chi connectivity index (χ2n) is 4.66. The highest BCUT2D eigenvalue weighted by molar-refractivity contribution is 5.68. The maximum atomic E-state index is 5.95. The Hall–Kier alpha value is -1.38. The van der Waals surface area contributed by atoms with Gasteiger partial charge in [-0.05, 0) is 36.8 Å². The van der Waals surface area contributed by atoms with E-state index in [1.54, 1.807) is 7.11 Å². The number of hydrogen-bond donors (Lipinski definition) is 2. The third-order valence-corrected chi connectivity index (χ3v) is 3.62. The van der Waals surface area contributed by atoms with Crippen LogP contribution in [-0.4, -0.2) is 13.7 Å². The molecule has 1 aromatic rings. The summed E-state index contributed by atoms with van der Waals surface area (Å²) in [5.41, 5.74) is 8.25. The Balaban J connectivity index is 1.99. The van der Waals surface area contributed by atoms with Gasteiger partial charge in [-0.2, -0.15) is 0 Å². The molecule has 0 radical (unpaired) electrons. The number of nitrogen functional groups attached to an aromatic ring is 1. The molecule has 1 aliphatic carbocycles. The first-order chi connectivity index (χ1) is 7.69. The zero-order chi connectivity index (χ0) is 11.6. The number of nitrogens with one attached hydrogen (secondary N) is 1. The number of methoxy groups -OCH3 is 1. The Morgan fingerprint density at radius 3 is 2.69 bits per heavy atom. The maximum absolute atomic E-state index is 5.95. The van der Waals surface area contributed by atoms with Crippen LogP contribution in [0.15, 0.2) is 18.2 Å². The van der Waals surface area contributed by atoms with E-state index in [2.05, 4.69) is 12.2 Å². The quantitative estimate of drug-likeness (QED) is 0.750. The van der Waals surface area contributed by atoms with E-state index in [1.807, 2.05) is 18.2 Å². The van der Waals surface area contributed by atoms with Crippen molar-refractivity contribution < 1.29 is 4.74 Å². The fourth-order valence-corrected chi connectivity index (χ4v) is 1.94. The van der Waals surface area contributed by atoms with Gasteiger partial charge < -0.3 is 15.8 Å². The molecule has 0 heterocycles. The van der Waals surface area contributed by atoms with E-state index in [0.717, 1.165) is 23.7 Å². The van der Waals surface area contributed by atoms with Gasteiger partial charge in [0.05, 0.1) is 18.5 Å². The molecule has 3 nitrogen and oxygen atoms in total. The lowest BCUT2D eigenvalue weighted by atomic mass is 10.0. The van der Waals surface area contributed by atoms with Crippen LogP contribution in [0.5, 0.6) is 5.75 Å². The van der Waals surface area contributed by atoms with Gasteiger partial charge in [-0.1, -0.05) is 6.92 Å². The van der Waals surface area contributed by atoms with Crippen LogP contribution in [-0.2, 0) is 0 Å². The molecule has 0 spiro atoms. The Labute approximate surface area is 97.0 Å². The highest BCUT2D eigenvalue weighted by atomic mass is 16.5. The Morgan fingerprint density at radius 1 is 1.44 bits per heavy atom. The molecule has 0 aliphatic heterocycles. The molecule has 0 unspecified atom stereocenters. The van der Waals surface area contributed by atoms with E-state index in [9.17, 15) is 0 Å². The van der Waals surface area contributed by atoms with Crippen LogP contribution in [0.25, 0.3) is 0 Å². The van der Waals surface area contributed by atoms with Gasteiger partial charge in [-0.15, -0.1) is 0 Å². The van der Waals surface area contributed by atoms with Crippen molar-refractivity contribution in [2.75, 3.05) is 24.7 Å². The Kier molecular flexibility index (Phi) is 2.95. The third-order valence-electron chi connectivity index (χ3n) is 3.62. The summed E-state index contributed by atoms with van der Waals surface area (Å²) in [5.74, 6) is 0.805. The normalized spacial score (nSPS) is 16.9. The van der Waals surface area contributed by atoms with Gasteiger partial charge in [0, 0.05) is 12.6 Å². The summed E-state index contributed by atoms with van der Waals surface area (Å²) in [6, 6.07) is 5.78. The Bertz CT molecular complexity index is 372. The van der Waals surface area contributed by atoms with Crippen molar-refractivity contribution in [2.24, 2.45) is 5.41 Å². The van der Waals surface area contributed by atoms with Gasteiger partial charge in [0.15, 0.2) is 0 Å². The van der Waals surface area contributed by atoms with Crippen LogP contribution in [0.1, 0.15) is 26.2 Å². The predicted molar refractivity (Wildman–Crippen MR) is 67.9 cm³/mol. The fourth-order valence-electron chi connectivity index (χ4n) is 1.94. The molecule has 1 saturated carbocycles. The second-order valence-corrected chi connectivity index (χ2v) is 4.66. The summed E-state index contributed by atoms with van der Waals surface area (Å²) in [6.45, 7) is 3.28. The van der Waals surface area contributed by atoms with Crippen molar-refractivity contribution in [2.45, 2.75) is 26.2 Å². The molecule has 1 fully saturated rings. The summed E-state index contributed by atoms with van der Waals surface area (Å²) < 4.78 is 5.12. The zero-order valence-corrected chi connectivity index (χ0v) is 10.0. The van der Waals surface area contributed by atoms with Crippen molar-refractivity contribution in [3.05, 3.63) is 18.2 Å². The lowest BCUT2D eigenvalue weighted by Crippen LogP contribution is -2.15. The topological polar surface area (TPSA) is 47.3 Å². The van der Waals surface area contributed by atoms with Crippen molar-refractivity contribution in [1.29, 1.82) is 0 Å². The largest absolute Gasteiger partial charge is 0.497 e. The van der Waals surface area contributed by atoms with E-state index < -0.39 is 0 Å². The summed E-state index contributed by atoms with van der Waals surface area (Å²) in [4.78, 5) is 0. The summed E-state index contributed by atoms with van der Waals surface area (Å²) in [5, 5.41) is 3.44. The molecule has 3 heteroatoms. The minimum absolute atomic E-state index is 0.534. The van der Waals surface area contributed by atoms with Crippen molar-refractivity contribution in [3.63, 3.8) is 0 Å². The molecule has 2 rings (SSSR count). The maximum Gasteiger partial charge on any atom is 0.121 e. The molecule has 0 atom stereocenters. The van der Waals surface area contributed by atoms with E-state index in [4.69, 9.17) is 10.5 Å². The molecule has 0 bridgehead atoms. The average Bonchev–Trinajstić information content (AvgIpc) is 3.08. The fraction of sp³-hybridized carbons (Fsp3) is 0.538. The van der Waals surface area contributed by atoms with Gasteiger partial charge in [0.1, 0.15) is 5.75 Å². The van der Waals surface area contributed by atoms with Gasteiger partial charge in [0.2, 0.25) is 0 Å². The molecule has 0 saturated heterocycles. The second kappa shape index (κ2) is 4.24. The first-order valence-electron chi connectivity index (χ1n) is 5.86. The van der Waals surface area contributed by atoms with Crippen molar-refractivity contribution >= 4 is 11.4 Å². The van der Waals surface area contributed by atoms with Crippen molar-refractivity contribution in [1.82, 2.24) is 0 Å². The van der Waals surface area contributed by atoms with Crippen LogP contribution in [0.2, 0.25) is 0 Å². The van der Waals surface area contributed by atoms with Crippen LogP contribution in [0.3, 0.4) is 0 Å². The van der Waals surface area contributed by atoms with Crippen LogP contribution in [0.4, 0.5) is 11.4 Å². The predicted octanol–water partition coefficient (Wildman–Crippen LogP) is 2.88. The number of ether oxygens (including phenoxy) is 1. The molecule has 3 N–H and O–H groups in total. The lowest BCUT2D eigenvalue weighted by Gasteiger charge is -2.16. The van der Waals surface area contributed by atoms with E-state index in [-0.39, 0.29) is 0 Å². The van der Waals surface area contributed by atoms with Gasteiger partial charge >= 0.3 is 0 Å². The molecule has 88 valence electrons. The number of rotatable bonds is 5. The zero-order valence-electron chi connectivity index (χ0n) is 10.0. The minimum atomic E-state index is 0.534. The van der Waals surface area contributed by atoms with E-state index >= 15 is 0 Å². The van der Waals surface area contributed by atoms with Crippen LogP contribution >= 0.6 is 0 Å². The van der Waals surface area contributed by atoms with Crippen LogP contribution in [0, 0.1) is 5.41 Å². The van der Waals surface area contributed by atoms with Gasteiger partial charge in [0.25, 0.3) is 0 Å². The Morgan fingerprint density at radius 2 is 2.19 bits per heavy atom. The van der Waals surface area contributed by atoms with E-state index in [0.29, 0.717) is 5.41 Å². The van der Waals surface area contributed by atoms with Crippen LogP contribution < -0.4 is 15.8 Å². The molecule has 1 aliphatic rings. The number of hydrogen-bond acceptors (Lipinski definition) is 3. The molecular weight excluding hydrogens is 200 g/mol. The summed E-state index contributed by atoms with van der Waals surface area (Å²) in [7, 11) is 1.65. The minimum Gasteiger partial charge on any atom is -0.497 e. The SMILES string of the molecule is CCC1(CNc2ccc(OC)cc2N)CC1. The monoisotopic (exact) mass is 220 g/mol. The van der Waals surface area contributed by atoms with E-state index in [1.165, 1.54) is 19.3 Å². The average molecular weight is 220 g/mol. The first-order valence-corrected chi connectivity index (χ1v) is 5.86. The molecule has 16 heavy (non-hydrogen) atoms. The molecule has 1 aromatic carbocycles. The highest BCUT2D eigenvalue weighted by Crippen LogP contribution is 2.48. The first kappa shape index (κ1) is 11.1. The number of benzene rings is 1. The third kappa shape index (κ3) is 2.23. The standard InChI is InChI=1S/C13H20N2O/c1-3-13(6-7-13)9-15-12-5-4-10(16-2)8-11(12)14/h4-5,8,15H,3,6-7,9,14H2,1-2H3. The molecule has 0 amide bonds. The number of anilines is 2. The van der Waals surface area contributed by atoms with Gasteiger partial charge in [-0.25, -0.2) is 0 Å². The number of nitrogens with two attached hydrogens (primary N) is 1. The van der Waals surface area contributed by atoms with Gasteiger partial charge in [-0.3, -0.25) is 0 Å². The smallest absolute Gasteiger partial charge is 0.121 e. The summed E-state index contributed by atoms with van der Waals surface area (Å²) >= 11 is 0.